The molecule has 2 N–H and O–H groups in total. The van der Waals surface area contributed by atoms with Gasteiger partial charge >= 0.3 is 0 Å². The van der Waals surface area contributed by atoms with Gasteiger partial charge in [-0.1, -0.05) is 0 Å². The second-order valence-corrected chi connectivity index (χ2v) is 4.74. The average molecular weight is 288 g/mol. The van der Waals surface area contributed by atoms with Gasteiger partial charge in [-0.15, -0.1) is 0 Å². The summed E-state index contributed by atoms with van der Waals surface area (Å²) >= 11 is 3.18. The maximum absolute atomic E-state index is 13.3. The lowest BCUT2D eigenvalue weighted by Gasteiger charge is -2.09. The molecule has 0 atom stereocenters. The van der Waals surface area contributed by atoms with Crippen molar-refractivity contribution in [3.63, 3.8) is 0 Å². The molecule has 5 heteroatoms. The molecule has 1 aromatic rings. The number of carbonyl (C=O) groups excluding carboxylic acids is 1. The molecule has 0 unspecified atom stereocenters. The van der Waals surface area contributed by atoms with Gasteiger partial charge in [0.1, 0.15) is 11.6 Å². The van der Waals surface area contributed by atoms with Gasteiger partial charge in [-0.2, -0.15) is 0 Å². The summed E-state index contributed by atoms with van der Waals surface area (Å²) in [5.74, 6) is -0.379. The highest BCUT2D eigenvalue weighted by Gasteiger charge is 2.23. The highest BCUT2D eigenvalue weighted by atomic mass is 79.9. The van der Waals surface area contributed by atoms with Crippen LogP contribution in [0.15, 0.2) is 16.6 Å². The molecule has 0 heterocycles. The fraction of sp³-hybridized carbons (Fsp3) is 0.364. The molecule has 3 nitrogen and oxygen atoms in total. The standard InChI is InChI=1S/C11H11BrFNO2/c12-8-4-9(13)7(11(14)15)3-10(8)16-5-6-1-2-6/h3-4,6H,1-2,5H2,(H2,14,15). The van der Waals surface area contributed by atoms with Gasteiger partial charge < -0.3 is 10.5 Å². The fourth-order valence-electron chi connectivity index (χ4n) is 1.32. The van der Waals surface area contributed by atoms with Crippen LogP contribution in [0.2, 0.25) is 0 Å². The van der Waals surface area contributed by atoms with E-state index < -0.39 is 11.7 Å². The second kappa shape index (κ2) is 4.41. The van der Waals surface area contributed by atoms with Crippen molar-refractivity contribution >= 4 is 21.8 Å². The first-order valence-electron chi connectivity index (χ1n) is 4.99. The number of benzene rings is 1. The van der Waals surface area contributed by atoms with Crippen LogP contribution < -0.4 is 10.5 Å². The van der Waals surface area contributed by atoms with Crippen LogP contribution in [0.3, 0.4) is 0 Å². The van der Waals surface area contributed by atoms with Crippen molar-refractivity contribution in [3.8, 4) is 5.75 Å². The van der Waals surface area contributed by atoms with Crippen LogP contribution in [0.4, 0.5) is 4.39 Å². The number of nitrogens with two attached hydrogens (primary N) is 1. The molecule has 0 aromatic heterocycles. The summed E-state index contributed by atoms with van der Waals surface area (Å²) < 4.78 is 19.3. The third-order valence-corrected chi connectivity index (χ3v) is 3.08. The van der Waals surface area contributed by atoms with Crippen molar-refractivity contribution in [2.24, 2.45) is 11.7 Å². The summed E-state index contributed by atoms with van der Waals surface area (Å²) in [7, 11) is 0. The van der Waals surface area contributed by atoms with Gasteiger partial charge in [-0.25, -0.2) is 4.39 Å². The quantitative estimate of drug-likeness (QED) is 0.925. The van der Waals surface area contributed by atoms with Gasteiger partial charge in [0.25, 0.3) is 5.91 Å². The van der Waals surface area contributed by atoms with Crippen molar-refractivity contribution < 1.29 is 13.9 Å². The average Bonchev–Trinajstić information content (AvgIpc) is 2.99. The maximum atomic E-state index is 13.3. The molecule has 2 rings (SSSR count). The van der Waals surface area contributed by atoms with Crippen molar-refractivity contribution in [1.29, 1.82) is 0 Å². The van der Waals surface area contributed by atoms with E-state index in [0.29, 0.717) is 22.7 Å². The predicted octanol–water partition coefficient (Wildman–Crippen LogP) is 2.48. The number of ether oxygens (including phenoxy) is 1. The summed E-state index contributed by atoms with van der Waals surface area (Å²) in [5.41, 5.74) is 4.91. The largest absolute Gasteiger partial charge is 0.492 e. The van der Waals surface area contributed by atoms with E-state index in [-0.39, 0.29) is 5.56 Å². The van der Waals surface area contributed by atoms with Crippen LogP contribution in [0, 0.1) is 11.7 Å². The van der Waals surface area contributed by atoms with Crippen molar-refractivity contribution in [3.05, 3.63) is 28.0 Å². The van der Waals surface area contributed by atoms with E-state index in [2.05, 4.69) is 15.9 Å². The van der Waals surface area contributed by atoms with Gasteiger partial charge in [-0.05, 0) is 46.8 Å². The van der Waals surface area contributed by atoms with Crippen LogP contribution in [-0.2, 0) is 0 Å². The fourth-order valence-corrected chi connectivity index (χ4v) is 1.75. The van der Waals surface area contributed by atoms with Gasteiger partial charge in [0.2, 0.25) is 0 Å². The lowest BCUT2D eigenvalue weighted by atomic mass is 10.2. The van der Waals surface area contributed by atoms with E-state index in [1.807, 2.05) is 0 Å². The smallest absolute Gasteiger partial charge is 0.251 e. The van der Waals surface area contributed by atoms with Gasteiger partial charge in [-0.3, -0.25) is 4.79 Å². The Kier molecular flexibility index (Phi) is 3.14. The predicted molar refractivity (Wildman–Crippen MR) is 60.8 cm³/mol. The highest BCUT2D eigenvalue weighted by Crippen LogP contribution is 2.33. The van der Waals surface area contributed by atoms with E-state index in [1.165, 1.54) is 25.0 Å². The number of halogens is 2. The van der Waals surface area contributed by atoms with Crippen LogP contribution in [0.1, 0.15) is 23.2 Å². The molecule has 16 heavy (non-hydrogen) atoms. The Morgan fingerprint density at radius 2 is 2.25 bits per heavy atom. The van der Waals surface area contributed by atoms with Crippen LogP contribution >= 0.6 is 15.9 Å². The van der Waals surface area contributed by atoms with Crippen LogP contribution in [0.5, 0.6) is 5.75 Å². The van der Waals surface area contributed by atoms with E-state index in [9.17, 15) is 9.18 Å². The van der Waals surface area contributed by atoms with E-state index in [0.717, 1.165) is 0 Å². The number of primary amides is 1. The molecule has 86 valence electrons. The van der Waals surface area contributed by atoms with E-state index in [1.54, 1.807) is 0 Å². The molecule has 0 saturated heterocycles. The zero-order valence-electron chi connectivity index (χ0n) is 8.50. The zero-order chi connectivity index (χ0) is 11.7. The van der Waals surface area contributed by atoms with E-state index in [4.69, 9.17) is 10.5 Å². The first-order chi connectivity index (χ1) is 7.58. The Bertz CT molecular complexity index is 432. The Balaban J connectivity index is 2.21. The second-order valence-electron chi connectivity index (χ2n) is 3.88. The molecule has 1 saturated carbocycles. The Morgan fingerprint density at radius 1 is 1.56 bits per heavy atom. The maximum Gasteiger partial charge on any atom is 0.251 e. The SMILES string of the molecule is NC(=O)c1cc(OCC2CC2)c(Br)cc1F. The van der Waals surface area contributed by atoms with Crippen molar-refractivity contribution in [2.75, 3.05) is 6.61 Å². The normalized spacial score (nSPS) is 14.9. The zero-order valence-corrected chi connectivity index (χ0v) is 10.1. The number of amides is 1. The molecule has 0 bridgehead atoms. The van der Waals surface area contributed by atoms with Gasteiger partial charge in [0, 0.05) is 0 Å². The molecule has 0 spiro atoms. The third-order valence-electron chi connectivity index (χ3n) is 2.46. The number of carbonyl (C=O) groups is 1. The summed E-state index contributed by atoms with van der Waals surface area (Å²) in [4.78, 5) is 10.9. The minimum atomic E-state index is -0.790. The van der Waals surface area contributed by atoms with Crippen molar-refractivity contribution in [2.45, 2.75) is 12.8 Å². The first kappa shape index (κ1) is 11.4. The molecule has 0 radical (unpaired) electrons. The third kappa shape index (κ3) is 2.52. The summed E-state index contributed by atoms with van der Waals surface area (Å²) in [6, 6.07) is 2.53. The monoisotopic (exact) mass is 287 g/mol. The first-order valence-corrected chi connectivity index (χ1v) is 5.79. The number of hydrogen-bond donors (Lipinski definition) is 1. The molecule has 1 aliphatic rings. The Hall–Kier alpha value is -1.10. The van der Waals surface area contributed by atoms with Gasteiger partial charge in [0.05, 0.1) is 16.6 Å². The summed E-state index contributed by atoms with van der Waals surface area (Å²) in [6.07, 6.45) is 2.34. The lowest BCUT2D eigenvalue weighted by molar-refractivity contribution is 0.0996. The molecule has 1 fully saturated rings. The van der Waals surface area contributed by atoms with E-state index >= 15 is 0 Å². The summed E-state index contributed by atoms with van der Waals surface area (Å²) in [5, 5.41) is 0. The lowest BCUT2D eigenvalue weighted by Crippen LogP contribution is -2.13. The molecule has 1 amide bonds. The molecular weight excluding hydrogens is 277 g/mol. The molecular formula is C11H11BrFNO2. The molecule has 1 aliphatic carbocycles. The number of rotatable bonds is 4. The topological polar surface area (TPSA) is 52.3 Å². The minimum absolute atomic E-state index is 0.144. The Morgan fingerprint density at radius 3 is 2.81 bits per heavy atom. The minimum Gasteiger partial charge on any atom is -0.492 e. The van der Waals surface area contributed by atoms with Crippen LogP contribution in [-0.4, -0.2) is 12.5 Å². The molecule has 1 aromatic carbocycles. The van der Waals surface area contributed by atoms with Crippen LogP contribution in [0.25, 0.3) is 0 Å². The summed E-state index contributed by atoms with van der Waals surface area (Å²) in [6.45, 7) is 0.600. The Labute approximate surface area is 101 Å². The highest BCUT2D eigenvalue weighted by molar-refractivity contribution is 9.10. The number of hydrogen-bond acceptors (Lipinski definition) is 2. The van der Waals surface area contributed by atoms with Crippen molar-refractivity contribution in [1.82, 2.24) is 0 Å². The molecule has 0 aliphatic heterocycles. The van der Waals surface area contributed by atoms with Gasteiger partial charge in [0.15, 0.2) is 0 Å².